The molecule has 0 radical (unpaired) electrons. The van der Waals surface area contributed by atoms with Crippen molar-refractivity contribution in [2.75, 3.05) is 26.2 Å². The van der Waals surface area contributed by atoms with Gasteiger partial charge in [-0.3, -0.25) is 0 Å². The van der Waals surface area contributed by atoms with Gasteiger partial charge in [0.05, 0.1) is 17.8 Å². The van der Waals surface area contributed by atoms with Gasteiger partial charge in [0.1, 0.15) is 6.10 Å². The van der Waals surface area contributed by atoms with Gasteiger partial charge < -0.3 is 19.8 Å². The van der Waals surface area contributed by atoms with Crippen LogP contribution in [0.5, 0.6) is 0 Å². The number of likely N-dealkylation sites (tertiary alicyclic amines) is 1. The number of rotatable bonds is 3. The van der Waals surface area contributed by atoms with Gasteiger partial charge in [-0.25, -0.2) is 0 Å². The summed E-state index contributed by atoms with van der Waals surface area (Å²) in [5.74, 6) is 0. The fraction of sp³-hybridized carbons (Fsp3) is 0.667. The highest BCUT2D eigenvalue weighted by Crippen LogP contribution is 2.39. The number of nitrogens with zero attached hydrogens (tertiary/aromatic N) is 1. The molecule has 2 fully saturated rings. The lowest BCUT2D eigenvalue weighted by Crippen LogP contribution is -2.64. The number of hydrogen-bond donors (Lipinski definition) is 2. The Labute approximate surface area is 132 Å². The quantitative estimate of drug-likeness (QED) is 0.890. The predicted molar refractivity (Wildman–Crippen MR) is 85.8 cm³/mol. The molecule has 2 aliphatic rings. The van der Waals surface area contributed by atoms with Crippen LogP contribution in [0.3, 0.4) is 0 Å². The second kappa shape index (κ2) is 6.28. The average molecular weight is 305 g/mol. The van der Waals surface area contributed by atoms with Gasteiger partial charge in [-0.15, -0.1) is 0 Å². The molecule has 2 saturated heterocycles. The zero-order chi connectivity index (χ0) is 15.6. The minimum Gasteiger partial charge on any atom is -0.387 e. The van der Waals surface area contributed by atoms with Crippen molar-refractivity contribution in [1.82, 2.24) is 4.90 Å². The number of ether oxygens (including phenoxy) is 1. The largest absolute Gasteiger partial charge is 0.387 e. The van der Waals surface area contributed by atoms with Crippen molar-refractivity contribution < 1.29 is 14.9 Å². The Hall–Kier alpha value is -0.940. The van der Waals surface area contributed by atoms with Crippen LogP contribution >= 0.6 is 0 Å². The third kappa shape index (κ3) is 3.20. The van der Waals surface area contributed by atoms with Crippen LogP contribution in [0.4, 0.5) is 0 Å². The first kappa shape index (κ1) is 15.9. The van der Waals surface area contributed by atoms with Gasteiger partial charge in [0.2, 0.25) is 0 Å². The molecule has 0 aliphatic carbocycles. The Morgan fingerprint density at radius 1 is 1.18 bits per heavy atom. The molecule has 4 nitrogen and oxygen atoms in total. The maximum absolute atomic E-state index is 10.5. The van der Waals surface area contributed by atoms with Crippen molar-refractivity contribution in [2.24, 2.45) is 0 Å². The van der Waals surface area contributed by atoms with E-state index in [0.29, 0.717) is 13.0 Å². The van der Waals surface area contributed by atoms with E-state index >= 15 is 0 Å². The summed E-state index contributed by atoms with van der Waals surface area (Å²) in [4.78, 5) is 2.43. The van der Waals surface area contributed by atoms with Crippen LogP contribution in [0.1, 0.15) is 31.7 Å². The highest BCUT2D eigenvalue weighted by molar-refractivity contribution is 5.15. The molecule has 1 spiro atoms. The first-order valence-corrected chi connectivity index (χ1v) is 8.33. The highest BCUT2D eigenvalue weighted by atomic mass is 16.5. The lowest BCUT2D eigenvalue weighted by molar-refractivity contribution is -0.246. The Bertz CT molecular complexity index is 480. The van der Waals surface area contributed by atoms with Crippen LogP contribution in [0.2, 0.25) is 0 Å². The summed E-state index contributed by atoms with van der Waals surface area (Å²) in [5.41, 5.74) is -0.213. The van der Waals surface area contributed by atoms with Crippen molar-refractivity contribution >= 4 is 0 Å². The van der Waals surface area contributed by atoms with Crippen LogP contribution in [0, 0.1) is 0 Å². The minimum atomic E-state index is -1.02. The summed E-state index contributed by atoms with van der Waals surface area (Å²) in [6.45, 7) is 5.13. The zero-order valence-electron chi connectivity index (χ0n) is 13.4. The van der Waals surface area contributed by atoms with Gasteiger partial charge in [-0.2, -0.15) is 0 Å². The predicted octanol–water partition coefficient (Wildman–Crippen LogP) is 1.60. The maximum Gasteiger partial charge on any atom is 0.111 e. The van der Waals surface area contributed by atoms with Crippen LogP contribution in [-0.2, 0) is 11.2 Å². The summed E-state index contributed by atoms with van der Waals surface area (Å²) in [7, 11) is 0. The molecule has 0 saturated carbocycles. The molecule has 0 aromatic heterocycles. The molecule has 1 aromatic carbocycles. The van der Waals surface area contributed by atoms with E-state index in [1.807, 2.05) is 6.07 Å². The van der Waals surface area contributed by atoms with Crippen molar-refractivity contribution in [3.8, 4) is 0 Å². The van der Waals surface area contributed by atoms with E-state index in [1.54, 1.807) is 6.92 Å². The normalized spacial score (nSPS) is 32.2. The van der Waals surface area contributed by atoms with Crippen LogP contribution < -0.4 is 0 Å². The lowest BCUT2D eigenvalue weighted by atomic mass is 9.75. The molecule has 2 atom stereocenters. The highest BCUT2D eigenvalue weighted by Gasteiger charge is 2.52. The van der Waals surface area contributed by atoms with E-state index in [9.17, 15) is 10.2 Å². The number of hydrogen-bond acceptors (Lipinski definition) is 4. The van der Waals surface area contributed by atoms with E-state index in [2.05, 4.69) is 29.2 Å². The number of aliphatic hydroxyl groups excluding tert-OH is 1. The average Bonchev–Trinajstić information content (AvgIpc) is 2.53. The fourth-order valence-corrected chi connectivity index (χ4v) is 3.75. The molecule has 22 heavy (non-hydrogen) atoms. The Morgan fingerprint density at radius 2 is 1.86 bits per heavy atom. The number of piperidine rings is 1. The van der Waals surface area contributed by atoms with Gasteiger partial charge >= 0.3 is 0 Å². The summed E-state index contributed by atoms with van der Waals surface area (Å²) in [6.07, 6.45) is 2.35. The van der Waals surface area contributed by atoms with Crippen molar-refractivity contribution in [1.29, 1.82) is 0 Å². The second-order valence-electron chi connectivity index (χ2n) is 7.00. The molecule has 2 aliphatic heterocycles. The molecule has 3 rings (SSSR count). The Kier molecular flexibility index (Phi) is 4.55. The van der Waals surface area contributed by atoms with Crippen molar-refractivity contribution in [3.63, 3.8) is 0 Å². The monoisotopic (exact) mass is 305 g/mol. The van der Waals surface area contributed by atoms with E-state index in [0.717, 1.165) is 38.9 Å². The Morgan fingerprint density at radius 3 is 2.55 bits per heavy atom. The summed E-state index contributed by atoms with van der Waals surface area (Å²) in [6, 6.07) is 10.5. The zero-order valence-corrected chi connectivity index (χ0v) is 13.4. The van der Waals surface area contributed by atoms with Gasteiger partial charge in [-0.1, -0.05) is 30.3 Å². The van der Waals surface area contributed by atoms with Gasteiger partial charge in [0.15, 0.2) is 0 Å². The van der Waals surface area contributed by atoms with E-state index in [-0.39, 0.29) is 0 Å². The first-order valence-electron chi connectivity index (χ1n) is 8.33. The first-order chi connectivity index (χ1) is 10.5. The molecule has 2 heterocycles. The lowest BCUT2D eigenvalue weighted by Gasteiger charge is -2.51. The molecule has 2 N–H and O–H groups in total. The second-order valence-corrected chi connectivity index (χ2v) is 7.00. The smallest absolute Gasteiger partial charge is 0.111 e. The third-order valence-electron chi connectivity index (χ3n) is 5.35. The summed E-state index contributed by atoms with van der Waals surface area (Å²) < 4.78 is 5.93. The van der Waals surface area contributed by atoms with Crippen LogP contribution in [-0.4, -0.2) is 58.7 Å². The molecular weight excluding hydrogens is 278 g/mol. The van der Waals surface area contributed by atoms with Crippen LogP contribution in [0.25, 0.3) is 0 Å². The molecule has 0 unspecified atom stereocenters. The summed E-state index contributed by atoms with van der Waals surface area (Å²) in [5, 5.41) is 20.8. The van der Waals surface area contributed by atoms with E-state index in [4.69, 9.17) is 4.74 Å². The minimum absolute atomic E-state index is 0.508. The number of benzene rings is 1. The van der Waals surface area contributed by atoms with Gasteiger partial charge in [0, 0.05) is 26.1 Å². The molecule has 0 bridgehead atoms. The van der Waals surface area contributed by atoms with Crippen molar-refractivity contribution in [2.45, 2.75) is 49.9 Å². The van der Waals surface area contributed by atoms with Crippen molar-refractivity contribution in [3.05, 3.63) is 35.9 Å². The molecule has 4 heteroatoms. The summed E-state index contributed by atoms with van der Waals surface area (Å²) >= 11 is 0. The van der Waals surface area contributed by atoms with Crippen LogP contribution in [0.15, 0.2) is 30.3 Å². The Balaban J connectivity index is 1.54. The molecular formula is C18H27NO3. The topological polar surface area (TPSA) is 52.9 Å². The molecule has 122 valence electrons. The maximum atomic E-state index is 10.5. The van der Waals surface area contributed by atoms with Gasteiger partial charge in [0.25, 0.3) is 0 Å². The number of aliphatic hydroxyl groups is 2. The SMILES string of the molecule is C[C@@]1(O)CCOC2(CCN(CCc3ccccc3)CC2)[C@H]1O. The fourth-order valence-electron chi connectivity index (χ4n) is 3.75. The van der Waals surface area contributed by atoms with E-state index < -0.39 is 17.3 Å². The van der Waals surface area contributed by atoms with E-state index in [1.165, 1.54) is 5.56 Å². The molecule has 0 amide bonds. The molecule has 1 aromatic rings. The third-order valence-corrected chi connectivity index (χ3v) is 5.35. The standard InChI is InChI=1S/C18H27NO3/c1-17(21)10-14-22-18(16(17)20)8-12-19(13-9-18)11-7-15-5-3-2-4-6-15/h2-6,16,20-21H,7-14H2,1H3/t16-,17+/m0/s1. The van der Waals surface area contributed by atoms with Gasteiger partial charge in [-0.05, 0) is 31.7 Å².